The highest BCUT2D eigenvalue weighted by Gasteiger charge is 2.34. The van der Waals surface area contributed by atoms with Crippen LogP contribution in [0.3, 0.4) is 0 Å². The van der Waals surface area contributed by atoms with Crippen molar-refractivity contribution in [2.24, 2.45) is 5.92 Å². The van der Waals surface area contributed by atoms with E-state index < -0.39 is 0 Å². The minimum absolute atomic E-state index is 0.0322. The normalized spacial score (nSPS) is 13.9. The summed E-state index contributed by atoms with van der Waals surface area (Å²) in [5.41, 5.74) is 6.30. The summed E-state index contributed by atoms with van der Waals surface area (Å²) in [4.78, 5) is 23.6. The summed E-state index contributed by atoms with van der Waals surface area (Å²) in [6.07, 6.45) is 1.59. The van der Waals surface area contributed by atoms with Crippen molar-refractivity contribution in [3.8, 4) is 11.3 Å². The minimum atomic E-state index is -0.0322. The zero-order valence-electron chi connectivity index (χ0n) is 16.4. The maximum Gasteiger partial charge on any atom is 0.231 e. The van der Waals surface area contributed by atoms with Gasteiger partial charge in [0, 0.05) is 30.4 Å². The second kappa shape index (κ2) is 7.43. The van der Waals surface area contributed by atoms with E-state index in [9.17, 15) is 4.79 Å². The zero-order chi connectivity index (χ0) is 19.7. The van der Waals surface area contributed by atoms with Gasteiger partial charge in [0.05, 0.1) is 11.6 Å². The molecule has 3 aromatic rings. The van der Waals surface area contributed by atoms with E-state index in [4.69, 9.17) is 0 Å². The number of carbonyl (C=O) groups excluding carboxylic acids is 1. The lowest BCUT2D eigenvalue weighted by Crippen LogP contribution is -2.52. The summed E-state index contributed by atoms with van der Waals surface area (Å²) in [6.45, 7) is 7.48. The third-order valence-corrected chi connectivity index (χ3v) is 5.22. The van der Waals surface area contributed by atoms with Gasteiger partial charge in [0.1, 0.15) is 12.1 Å². The fourth-order valence-electron chi connectivity index (χ4n) is 3.72. The Hall–Kier alpha value is -3.21. The molecule has 1 aliphatic rings. The molecule has 0 radical (unpaired) electrons. The molecular weight excluding hydrogens is 348 g/mol. The summed E-state index contributed by atoms with van der Waals surface area (Å²) in [5.74, 6) is 0.902. The highest BCUT2D eigenvalue weighted by atomic mass is 16.2. The van der Waals surface area contributed by atoms with Crippen LogP contribution in [-0.2, 0) is 4.79 Å². The number of hydrogen-bond acceptors (Lipinski definition) is 4. The Morgan fingerprint density at radius 2 is 1.68 bits per heavy atom. The molecule has 0 bridgehead atoms. The lowest BCUT2D eigenvalue weighted by Gasteiger charge is -2.39. The molecular formula is C23H24N4O. The summed E-state index contributed by atoms with van der Waals surface area (Å²) in [7, 11) is 0. The van der Waals surface area contributed by atoms with Gasteiger partial charge in [0.25, 0.3) is 0 Å². The molecule has 2 aromatic carbocycles. The largest absolute Gasteiger partial charge is 0.355 e. The molecule has 28 heavy (non-hydrogen) atoms. The predicted octanol–water partition coefficient (Wildman–Crippen LogP) is 4.14. The van der Waals surface area contributed by atoms with Crippen molar-refractivity contribution < 1.29 is 4.79 Å². The van der Waals surface area contributed by atoms with Crippen LogP contribution in [0.1, 0.15) is 16.7 Å². The Balaban J connectivity index is 1.42. The summed E-state index contributed by atoms with van der Waals surface area (Å²) >= 11 is 0. The molecule has 5 nitrogen and oxygen atoms in total. The van der Waals surface area contributed by atoms with Crippen LogP contribution in [-0.4, -0.2) is 29.0 Å². The van der Waals surface area contributed by atoms with Crippen LogP contribution in [0.15, 0.2) is 54.9 Å². The monoisotopic (exact) mass is 372 g/mol. The first-order chi connectivity index (χ1) is 13.5. The molecule has 2 heterocycles. The molecule has 4 rings (SSSR count). The van der Waals surface area contributed by atoms with Crippen LogP contribution < -0.4 is 10.2 Å². The second-order valence-corrected chi connectivity index (χ2v) is 7.49. The molecule has 1 saturated heterocycles. The number of rotatable bonds is 4. The van der Waals surface area contributed by atoms with Crippen LogP contribution in [0, 0.1) is 26.7 Å². The summed E-state index contributed by atoms with van der Waals surface area (Å²) in [6, 6.07) is 16.2. The van der Waals surface area contributed by atoms with Crippen molar-refractivity contribution in [1.29, 1.82) is 0 Å². The Bertz CT molecular complexity index is 987. The maximum absolute atomic E-state index is 12.7. The van der Waals surface area contributed by atoms with Crippen molar-refractivity contribution in [2.75, 3.05) is 23.3 Å². The number of aromatic nitrogens is 2. The fraction of sp³-hybridized carbons (Fsp3) is 0.261. The van der Waals surface area contributed by atoms with Crippen LogP contribution in [0.5, 0.6) is 0 Å². The number of hydrogen-bond donors (Lipinski definition) is 1. The van der Waals surface area contributed by atoms with E-state index in [1.54, 1.807) is 6.33 Å². The molecule has 0 aliphatic carbocycles. The van der Waals surface area contributed by atoms with Gasteiger partial charge in [-0.15, -0.1) is 0 Å². The van der Waals surface area contributed by atoms with Gasteiger partial charge in [-0.1, -0.05) is 48.0 Å². The van der Waals surface area contributed by atoms with E-state index in [0.29, 0.717) is 13.1 Å². The van der Waals surface area contributed by atoms with Gasteiger partial charge in [-0.05, 0) is 31.9 Å². The fourth-order valence-corrected chi connectivity index (χ4v) is 3.72. The predicted molar refractivity (Wildman–Crippen MR) is 112 cm³/mol. The molecule has 5 heteroatoms. The summed E-state index contributed by atoms with van der Waals surface area (Å²) < 4.78 is 0. The van der Waals surface area contributed by atoms with Crippen molar-refractivity contribution in [3.05, 3.63) is 71.5 Å². The first kappa shape index (κ1) is 18.2. The smallest absolute Gasteiger partial charge is 0.231 e. The van der Waals surface area contributed by atoms with Gasteiger partial charge in [-0.2, -0.15) is 0 Å². The van der Waals surface area contributed by atoms with Gasteiger partial charge < -0.3 is 10.2 Å². The van der Waals surface area contributed by atoms with Gasteiger partial charge in [0.2, 0.25) is 5.91 Å². The van der Waals surface area contributed by atoms with E-state index >= 15 is 0 Å². The number of anilines is 2. The van der Waals surface area contributed by atoms with E-state index in [1.165, 1.54) is 5.56 Å². The second-order valence-electron chi connectivity index (χ2n) is 7.49. The molecule has 0 spiro atoms. The topological polar surface area (TPSA) is 58.1 Å². The third-order valence-electron chi connectivity index (χ3n) is 5.22. The molecule has 0 unspecified atom stereocenters. The van der Waals surface area contributed by atoms with Gasteiger partial charge in [-0.3, -0.25) is 4.79 Å². The van der Waals surface area contributed by atoms with Crippen LogP contribution >= 0.6 is 0 Å². The Morgan fingerprint density at radius 3 is 2.36 bits per heavy atom. The van der Waals surface area contributed by atoms with Crippen LogP contribution in [0.2, 0.25) is 0 Å². The molecule has 0 atom stereocenters. The Morgan fingerprint density at radius 1 is 1.00 bits per heavy atom. The van der Waals surface area contributed by atoms with Crippen molar-refractivity contribution in [1.82, 2.24) is 9.97 Å². The molecule has 1 N–H and O–H groups in total. The third kappa shape index (κ3) is 3.60. The number of carbonyl (C=O) groups is 1. The number of amides is 1. The molecule has 1 aliphatic heterocycles. The Labute approximate surface area is 165 Å². The molecule has 0 saturated carbocycles. The standard InChI is InChI=1S/C23H24N4O/c1-15-9-16(2)22(17(3)10-15)26-23(28)19-12-27(13-19)21-11-20(24-14-25-21)18-7-5-4-6-8-18/h4-11,14,19H,12-13H2,1-3H3,(H,26,28). The summed E-state index contributed by atoms with van der Waals surface area (Å²) in [5, 5.41) is 3.12. The van der Waals surface area contributed by atoms with Gasteiger partial charge >= 0.3 is 0 Å². The first-order valence-electron chi connectivity index (χ1n) is 9.52. The minimum Gasteiger partial charge on any atom is -0.355 e. The Kier molecular flexibility index (Phi) is 4.82. The van der Waals surface area contributed by atoms with Crippen LogP contribution in [0.25, 0.3) is 11.3 Å². The SMILES string of the molecule is Cc1cc(C)c(NC(=O)C2CN(c3cc(-c4ccccc4)ncn3)C2)c(C)c1. The highest BCUT2D eigenvalue weighted by Crippen LogP contribution is 2.28. The van der Waals surface area contributed by atoms with Crippen molar-refractivity contribution in [2.45, 2.75) is 20.8 Å². The first-order valence-corrected chi connectivity index (χ1v) is 9.52. The van der Waals surface area contributed by atoms with E-state index in [-0.39, 0.29) is 11.8 Å². The number of nitrogens with one attached hydrogen (secondary N) is 1. The van der Waals surface area contributed by atoms with Crippen molar-refractivity contribution in [3.63, 3.8) is 0 Å². The quantitative estimate of drug-likeness (QED) is 0.748. The lowest BCUT2D eigenvalue weighted by molar-refractivity contribution is -0.120. The molecule has 142 valence electrons. The van der Waals surface area contributed by atoms with Gasteiger partial charge in [-0.25, -0.2) is 9.97 Å². The molecule has 1 aromatic heterocycles. The highest BCUT2D eigenvalue weighted by molar-refractivity contribution is 5.95. The number of nitrogens with zero attached hydrogens (tertiary/aromatic N) is 3. The number of benzene rings is 2. The van der Waals surface area contributed by atoms with Crippen LogP contribution in [0.4, 0.5) is 11.5 Å². The molecule has 1 fully saturated rings. The van der Waals surface area contributed by atoms with Crippen molar-refractivity contribution >= 4 is 17.4 Å². The molecule has 1 amide bonds. The average Bonchev–Trinajstić information content (AvgIpc) is 2.64. The van der Waals surface area contributed by atoms with E-state index in [2.05, 4.69) is 39.2 Å². The number of aryl methyl sites for hydroxylation is 3. The van der Waals surface area contributed by atoms with E-state index in [1.807, 2.05) is 50.2 Å². The van der Waals surface area contributed by atoms with Gasteiger partial charge in [0.15, 0.2) is 0 Å². The lowest BCUT2D eigenvalue weighted by atomic mass is 9.97. The van der Waals surface area contributed by atoms with E-state index in [0.717, 1.165) is 33.9 Å². The zero-order valence-corrected chi connectivity index (χ0v) is 16.4. The maximum atomic E-state index is 12.7. The average molecular weight is 372 g/mol.